The van der Waals surface area contributed by atoms with E-state index in [0.717, 1.165) is 29.9 Å². The smallest absolute Gasteiger partial charge is 0.276 e. The Morgan fingerprint density at radius 1 is 1.29 bits per heavy atom. The highest BCUT2D eigenvalue weighted by molar-refractivity contribution is 7.86. The van der Waals surface area contributed by atoms with Crippen LogP contribution >= 0.6 is 0 Å². The molecule has 1 aliphatic rings. The van der Waals surface area contributed by atoms with Crippen LogP contribution in [0, 0.1) is 5.92 Å². The maximum atomic E-state index is 12.3. The first-order valence-corrected chi connectivity index (χ1v) is 9.35. The normalized spacial score (nSPS) is 19.7. The molecular formula is C15H22N6O2S. The van der Waals surface area contributed by atoms with E-state index in [1.165, 1.54) is 4.31 Å². The molecule has 0 bridgehead atoms. The zero-order valence-corrected chi connectivity index (χ0v) is 14.7. The molecule has 0 amide bonds. The minimum absolute atomic E-state index is 0.229. The van der Waals surface area contributed by atoms with Crippen molar-refractivity contribution >= 4 is 10.2 Å². The summed E-state index contributed by atoms with van der Waals surface area (Å²) >= 11 is 0. The number of hydrogen-bond donors (Lipinski definition) is 1. The second-order valence-electron chi connectivity index (χ2n) is 6.18. The largest absolute Gasteiger partial charge is 0.281 e. The van der Waals surface area contributed by atoms with Crippen molar-refractivity contribution in [2.45, 2.75) is 19.3 Å². The molecule has 3 rings (SSSR count). The maximum Gasteiger partial charge on any atom is 0.281 e. The maximum absolute atomic E-state index is 12.3. The molecule has 0 aromatic carbocycles. The first-order chi connectivity index (χ1) is 11.5. The molecule has 2 aromatic heterocycles. The number of hydrogen-bond acceptors (Lipinski definition) is 5. The van der Waals surface area contributed by atoms with Gasteiger partial charge >= 0.3 is 0 Å². The van der Waals surface area contributed by atoms with Crippen molar-refractivity contribution in [3.63, 3.8) is 0 Å². The Balaban J connectivity index is 1.78. The van der Waals surface area contributed by atoms with Gasteiger partial charge in [0.2, 0.25) is 0 Å². The lowest BCUT2D eigenvalue weighted by Gasteiger charge is -2.33. The summed E-state index contributed by atoms with van der Waals surface area (Å²) in [6.45, 7) is 1.09. The van der Waals surface area contributed by atoms with Gasteiger partial charge in [-0.15, -0.1) is 0 Å². The summed E-state index contributed by atoms with van der Waals surface area (Å²) in [6.07, 6.45) is 7.55. The number of piperidine rings is 1. The Bertz CT molecular complexity index is 775. The van der Waals surface area contributed by atoms with Crippen LogP contribution in [0.2, 0.25) is 0 Å². The van der Waals surface area contributed by atoms with Gasteiger partial charge in [-0.25, -0.2) is 0 Å². The lowest BCUT2D eigenvalue weighted by atomic mass is 9.93. The molecule has 1 N–H and O–H groups in total. The second-order valence-corrected chi connectivity index (χ2v) is 8.32. The van der Waals surface area contributed by atoms with Crippen LogP contribution in [0.3, 0.4) is 0 Å². The zero-order chi connectivity index (χ0) is 17.2. The summed E-state index contributed by atoms with van der Waals surface area (Å²) in [5, 5.41) is 6.88. The van der Waals surface area contributed by atoms with Gasteiger partial charge in [-0.1, -0.05) is 0 Å². The van der Waals surface area contributed by atoms with Gasteiger partial charge in [-0.3, -0.25) is 15.1 Å². The molecular weight excluding hydrogens is 328 g/mol. The number of aromatic nitrogens is 4. The van der Waals surface area contributed by atoms with E-state index in [-0.39, 0.29) is 5.92 Å². The van der Waals surface area contributed by atoms with Gasteiger partial charge in [0, 0.05) is 45.8 Å². The van der Waals surface area contributed by atoms with Crippen LogP contribution in [0.5, 0.6) is 0 Å². The van der Waals surface area contributed by atoms with Gasteiger partial charge in [0.05, 0.1) is 11.4 Å². The Hall–Kier alpha value is -1.84. The van der Waals surface area contributed by atoms with E-state index >= 15 is 0 Å². The predicted octanol–water partition coefficient (Wildman–Crippen LogP) is 0.928. The minimum Gasteiger partial charge on any atom is -0.276 e. The highest BCUT2D eigenvalue weighted by atomic mass is 32.2. The highest BCUT2D eigenvalue weighted by Gasteiger charge is 2.31. The lowest BCUT2D eigenvalue weighted by Crippen LogP contribution is -2.45. The molecule has 24 heavy (non-hydrogen) atoms. The van der Waals surface area contributed by atoms with Crippen LogP contribution in [0.15, 0.2) is 24.7 Å². The summed E-state index contributed by atoms with van der Waals surface area (Å²) in [5.74, 6) is 0.229. The van der Waals surface area contributed by atoms with Crippen molar-refractivity contribution in [2.75, 3.05) is 27.2 Å². The van der Waals surface area contributed by atoms with Gasteiger partial charge in [0.25, 0.3) is 10.2 Å². The fraction of sp³-hybridized carbons (Fsp3) is 0.533. The Morgan fingerprint density at radius 3 is 2.79 bits per heavy atom. The summed E-state index contributed by atoms with van der Waals surface area (Å²) in [6, 6.07) is 1.86. The molecule has 0 aliphatic carbocycles. The fourth-order valence-electron chi connectivity index (χ4n) is 3.04. The third kappa shape index (κ3) is 3.47. The van der Waals surface area contributed by atoms with E-state index < -0.39 is 10.2 Å². The van der Waals surface area contributed by atoms with Crippen LogP contribution in [-0.4, -0.2) is 64.4 Å². The van der Waals surface area contributed by atoms with E-state index in [0.29, 0.717) is 19.5 Å². The molecule has 0 spiro atoms. The molecule has 0 unspecified atom stereocenters. The molecule has 0 radical (unpaired) electrons. The van der Waals surface area contributed by atoms with Gasteiger partial charge in [0.15, 0.2) is 0 Å². The molecule has 9 heteroatoms. The second kappa shape index (κ2) is 6.96. The van der Waals surface area contributed by atoms with Crippen LogP contribution < -0.4 is 0 Å². The van der Waals surface area contributed by atoms with Gasteiger partial charge in [0.1, 0.15) is 5.69 Å². The van der Waals surface area contributed by atoms with Gasteiger partial charge < -0.3 is 0 Å². The number of nitrogens with zero attached hydrogens (tertiary/aromatic N) is 5. The molecule has 2 aromatic rings. The summed E-state index contributed by atoms with van der Waals surface area (Å²) in [4.78, 5) is 8.87. The average molecular weight is 350 g/mol. The molecule has 1 atom stereocenters. The zero-order valence-electron chi connectivity index (χ0n) is 13.9. The topological polar surface area (TPSA) is 95.1 Å². The van der Waals surface area contributed by atoms with E-state index in [1.807, 2.05) is 6.07 Å². The van der Waals surface area contributed by atoms with Crippen LogP contribution in [0.1, 0.15) is 18.5 Å². The molecule has 0 saturated carbocycles. The van der Waals surface area contributed by atoms with Crippen molar-refractivity contribution in [3.8, 4) is 11.4 Å². The predicted molar refractivity (Wildman–Crippen MR) is 90.2 cm³/mol. The van der Waals surface area contributed by atoms with Gasteiger partial charge in [-0.05, 0) is 31.2 Å². The monoisotopic (exact) mass is 350 g/mol. The van der Waals surface area contributed by atoms with Crippen molar-refractivity contribution < 1.29 is 8.42 Å². The molecule has 1 fully saturated rings. The molecule has 130 valence electrons. The molecule has 1 aliphatic heterocycles. The standard InChI is InChI=1S/C15H22N6O2S/c1-20(2)24(22,23)21-9-3-4-12(11-21)10-14-15(17-8-7-16-14)13-5-6-18-19-13/h5-8,12H,3-4,9-11H2,1-2H3,(H,18,19)/t12-/m0/s1. The third-order valence-electron chi connectivity index (χ3n) is 4.28. The van der Waals surface area contributed by atoms with Crippen molar-refractivity contribution in [1.82, 2.24) is 28.8 Å². The van der Waals surface area contributed by atoms with Crippen molar-refractivity contribution in [2.24, 2.45) is 5.92 Å². The summed E-state index contributed by atoms with van der Waals surface area (Å²) in [5.41, 5.74) is 2.48. The van der Waals surface area contributed by atoms with Crippen molar-refractivity contribution in [1.29, 1.82) is 0 Å². The minimum atomic E-state index is -3.36. The van der Waals surface area contributed by atoms with Crippen LogP contribution in [-0.2, 0) is 16.6 Å². The molecule has 1 saturated heterocycles. The number of aromatic amines is 1. The Kier molecular flexibility index (Phi) is 4.93. The third-order valence-corrected chi connectivity index (χ3v) is 6.19. The van der Waals surface area contributed by atoms with Crippen molar-refractivity contribution in [3.05, 3.63) is 30.4 Å². The first-order valence-electron chi connectivity index (χ1n) is 7.95. The van der Waals surface area contributed by atoms with E-state index in [4.69, 9.17) is 0 Å². The van der Waals surface area contributed by atoms with E-state index in [9.17, 15) is 8.42 Å². The van der Waals surface area contributed by atoms with Gasteiger partial charge in [-0.2, -0.15) is 22.1 Å². The molecule has 8 nitrogen and oxygen atoms in total. The summed E-state index contributed by atoms with van der Waals surface area (Å²) < 4.78 is 27.5. The molecule has 3 heterocycles. The lowest BCUT2D eigenvalue weighted by molar-refractivity contribution is 0.253. The van der Waals surface area contributed by atoms with Crippen LogP contribution in [0.4, 0.5) is 0 Å². The van der Waals surface area contributed by atoms with E-state index in [1.54, 1.807) is 37.0 Å². The number of rotatable bonds is 5. The van der Waals surface area contributed by atoms with Crippen LogP contribution in [0.25, 0.3) is 11.4 Å². The Labute approximate surface area is 142 Å². The fourth-order valence-corrected chi connectivity index (χ4v) is 4.26. The SMILES string of the molecule is CN(C)S(=O)(=O)N1CCC[C@@H](Cc2nccnc2-c2ccn[nH]2)C1. The average Bonchev–Trinajstić information content (AvgIpc) is 3.10. The number of nitrogens with one attached hydrogen (secondary N) is 1. The number of H-pyrrole nitrogens is 1. The van der Waals surface area contributed by atoms with E-state index in [2.05, 4.69) is 20.2 Å². The quantitative estimate of drug-likeness (QED) is 0.865. The highest BCUT2D eigenvalue weighted by Crippen LogP contribution is 2.26. The first kappa shape index (κ1) is 17.0. The summed E-state index contributed by atoms with van der Waals surface area (Å²) in [7, 11) is -0.229. The Morgan fingerprint density at radius 2 is 2.08 bits per heavy atom.